The van der Waals surface area contributed by atoms with Crippen LogP contribution < -0.4 is 10.0 Å². The van der Waals surface area contributed by atoms with Crippen LogP contribution in [0.4, 0.5) is 4.79 Å². The molecule has 2 N–H and O–H groups in total. The number of carbonyl (C=O) groups excluding carboxylic acids is 1. The first-order chi connectivity index (χ1) is 9.62. The lowest BCUT2D eigenvalue weighted by atomic mass is 10.2. The minimum atomic E-state index is -3.50. The van der Waals surface area contributed by atoms with E-state index in [0.29, 0.717) is 17.4 Å². The van der Waals surface area contributed by atoms with Crippen LogP contribution in [0, 0.1) is 0 Å². The van der Waals surface area contributed by atoms with Crippen molar-refractivity contribution in [2.45, 2.75) is 37.0 Å². The number of nitrogens with one attached hydrogen (secondary N) is 2. The third-order valence-corrected chi connectivity index (χ3v) is 6.27. The third-order valence-electron chi connectivity index (χ3n) is 2.14. The van der Waals surface area contributed by atoms with Gasteiger partial charge in [0.25, 0.3) is 10.0 Å². The number of hydrogen-bond acceptors (Lipinski definition) is 5. The van der Waals surface area contributed by atoms with Crippen molar-refractivity contribution in [1.82, 2.24) is 10.0 Å². The third kappa shape index (κ3) is 6.77. The molecule has 0 aliphatic heterocycles. The van der Waals surface area contributed by atoms with E-state index in [1.54, 1.807) is 32.2 Å². The number of hydrogen-bond donors (Lipinski definition) is 2. The Balaban J connectivity index is 2.29. The number of alkyl carbamates (subject to hydrolysis) is 1. The van der Waals surface area contributed by atoms with Crippen molar-refractivity contribution in [2.75, 3.05) is 13.1 Å². The molecule has 1 rings (SSSR count). The number of halogens is 1. The van der Waals surface area contributed by atoms with Crippen molar-refractivity contribution in [3.8, 4) is 0 Å². The highest BCUT2D eigenvalue weighted by molar-refractivity contribution is 9.10. The number of amides is 1. The fourth-order valence-electron chi connectivity index (χ4n) is 1.34. The molecule has 120 valence electrons. The molecule has 0 saturated heterocycles. The largest absolute Gasteiger partial charge is 0.444 e. The van der Waals surface area contributed by atoms with E-state index in [1.165, 1.54) is 0 Å². The fraction of sp³-hybridized carbons (Fsp3) is 0.583. The molecule has 0 fully saturated rings. The zero-order chi connectivity index (χ0) is 16.1. The molecule has 0 spiro atoms. The molecule has 0 aliphatic rings. The normalized spacial score (nSPS) is 12.2. The fourth-order valence-corrected chi connectivity index (χ4v) is 4.79. The van der Waals surface area contributed by atoms with Crippen molar-refractivity contribution >= 4 is 43.4 Å². The molecule has 0 unspecified atom stereocenters. The Morgan fingerprint density at radius 3 is 2.57 bits per heavy atom. The van der Waals surface area contributed by atoms with Gasteiger partial charge in [0.15, 0.2) is 0 Å². The Labute approximate surface area is 137 Å². The van der Waals surface area contributed by atoms with Gasteiger partial charge in [-0.3, -0.25) is 0 Å². The second-order valence-electron chi connectivity index (χ2n) is 5.24. The predicted molar refractivity (Wildman–Crippen MR) is 86.1 cm³/mol. The monoisotopic (exact) mass is 398 g/mol. The molecule has 6 nitrogen and oxygen atoms in total. The van der Waals surface area contributed by atoms with Crippen LogP contribution in [0.25, 0.3) is 0 Å². The summed E-state index contributed by atoms with van der Waals surface area (Å²) in [6.45, 7) is 5.91. The molecule has 1 aromatic heterocycles. The van der Waals surface area contributed by atoms with Gasteiger partial charge in [-0.2, -0.15) is 0 Å². The van der Waals surface area contributed by atoms with E-state index in [2.05, 4.69) is 26.0 Å². The van der Waals surface area contributed by atoms with E-state index in [1.807, 2.05) is 0 Å². The number of rotatable bonds is 6. The van der Waals surface area contributed by atoms with Gasteiger partial charge in [-0.05, 0) is 54.6 Å². The Morgan fingerprint density at radius 1 is 1.38 bits per heavy atom. The standard InChI is InChI=1S/C12H19BrN2O4S2/c1-12(2,3)19-11(16)14-6-4-7-15-21(17,18)10-9(13)5-8-20-10/h5,8,15H,4,6-7H2,1-3H3,(H,14,16). The van der Waals surface area contributed by atoms with E-state index in [9.17, 15) is 13.2 Å². The molecular weight excluding hydrogens is 380 g/mol. The maximum Gasteiger partial charge on any atom is 0.407 e. The summed E-state index contributed by atoms with van der Waals surface area (Å²) in [4.78, 5) is 11.4. The first kappa shape index (κ1) is 18.4. The molecule has 0 atom stereocenters. The Hall–Kier alpha value is -0.640. The SMILES string of the molecule is CC(C)(C)OC(=O)NCCCNS(=O)(=O)c1sccc1Br. The van der Waals surface area contributed by atoms with Crippen molar-refractivity contribution < 1.29 is 17.9 Å². The molecule has 0 bridgehead atoms. The molecule has 0 saturated carbocycles. The average Bonchev–Trinajstić information content (AvgIpc) is 2.73. The summed E-state index contributed by atoms with van der Waals surface area (Å²) in [5, 5.41) is 4.27. The zero-order valence-corrected chi connectivity index (χ0v) is 15.3. The second kappa shape index (κ2) is 7.57. The van der Waals surface area contributed by atoms with Crippen LogP contribution in [-0.4, -0.2) is 33.2 Å². The average molecular weight is 399 g/mol. The summed E-state index contributed by atoms with van der Waals surface area (Å²) in [6.07, 6.45) is -0.0343. The lowest BCUT2D eigenvalue weighted by molar-refractivity contribution is 0.0527. The van der Waals surface area contributed by atoms with Gasteiger partial charge >= 0.3 is 6.09 Å². The Kier molecular flexibility index (Phi) is 6.64. The van der Waals surface area contributed by atoms with Crippen LogP contribution in [0.2, 0.25) is 0 Å². The smallest absolute Gasteiger partial charge is 0.407 e. The highest BCUT2D eigenvalue weighted by Crippen LogP contribution is 2.27. The quantitative estimate of drug-likeness (QED) is 0.721. The highest BCUT2D eigenvalue weighted by Gasteiger charge is 2.18. The summed E-state index contributed by atoms with van der Waals surface area (Å²) in [5.41, 5.74) is -0.545. The van der Waals surface area contributed by atoms with E-state index in [0.717, 1.165) is 11.3 Å². The van der Waals surface area contributed by atoms with Crippen molar-refractivity contribution in [3.05, 3.63) is 15.9 Å². The van der Waals surface area contributed by atoms with Crippen LogP contribution in [0.3, 0.4) is 0 Å². The lowest BCUT2D eigenvalue weighted by Gasteiger charge is -2.19. The molecular formula is C12H19BrN2O4S2. The molecule has 9 heteroatoms. The number of ether oxygens (including phenoxy) is 1. The maximum atomic E-state index is 12.0. The van der Waals surface area contributed by atoms with Crippen molar-refractivity contribution in [1.29, 1.82) is 0 Å². The van der Waals surface area contributed by atoms with Gasteiger partial charge in [0.2, 0.25) is 0 Å². The molecule has 21 heavy (non-hydrogen) atoms. The second-order valence-corrected chi connectivity index (χ2v) is 8.97. The van der Waals surface area contributed by atoms with E-state index < -0.39 is 21.7 Å². The topological polar surface area (TPSA) is 84.5 Å². The molecule has 1 heterocycles. The van der Waals surface area contributed by atoms with Crippen molar-refractivity contribution in [2.24, 2.45) is 0 Å². The predicted octanol–water partition coefficient (Wildman–Crippen LogP) is 2.70. The van der Waals surface area contributed by atoms with E-state index in [-0.39, 0.29) is 10.8 Å². The van der Waals surface area contributed by atoms with Crippen LogP contribution >= 0.6 is 27.3 Å². The minimum Gasteiger partial charge on any atom is -0.444 e. The molecule has 1 aromatic rings. The van der Waals surface area contributed by atoms with Gasteiger partial charge in [-0.25, -0.2) is 17.9 Å². The van der Waals surface area contributed by atoms with E-state index >= 15 is 0 Å². The molecule has 0 radical (unpaired) electrons. The highest BCUT2D eigenvalue weighted by atomic mass is 79.9. The van der Waals surface area contributed by atoms with Crippen molar-refractivity contribution in [3.63, 3.8) is 0 Å². The van der Waals surface area contributed by atoms with Gasteiger partial charge in [-0.1, -0.05) is 0 Å². The molecule has 0 aliphatic carbocycles. The maximum absolute atomic E-state index is 12.0. The van der Waals surface area contributed by atoms with E-state index in [4.69, 9.17) is 4.74 Å². The zero-order valence-electron chi connectivity index (χ0n) is 12.1. The van der Waals surface area contributed by atoms with Gasteiger partial charge in [0, 0.05) is 17.6 Å². The summed E-state index contributed by atoms with van der Waals surface area (Å²) >= 11 is 4.33. The summed E-state index contributed by atoms with van der Waals surface area (Å²) in [7, 11) is -3.50. The van der Waals surface area contributed by atoms with Gasteiger partial charge < -0.3 is 10.1 Å². The van der Waals surface area contributed by atoms with Gasteiger partial charge in [0.05, 0.1) is 0 Å². The van der Waals surface area contributed by atoms with Crippen LogP contribution in [-0.2, 0) is 14.8 Å². The molecule has 0 aromatic carbocycles. The summed E-state index contributed by atoms with van der Waals surface area (Å²) in [6, 6.07) is 1.68. The minimum absolute atomic E-state index is 0.239. The first-order valence-corrected chi connectivity index (χ1v) is 9.47. The Bertz CT molecular complexity index is 578. The lowest BCUT2D eigenvalue weighted by Crippen LogP contribution is -2.34. The van der Waals surface area contributed by atoms with Crippen LogP contribution in [0.5, 0.6) is 0 Å². The number of carbonyl (C=O) groups is 1. The summed E-state index contributed by atoms with van der Waals surface area (Å²) < 4.78 is 32.3. The van der Waals surface area contributed by atoms with Crippen LogP contribution in [0.1, 0.15) is 27.2 Å². The molecule has 1 amide bonds. The van der Waals surface area contributed by atoms with Gasteiger partial charge in [-0.15, -0.1) is 11.3 Å². The number of thiophene rings is 1. The Morgan fingerprint density at radius 2 is 2.05 bits per heavy atom. The van der Waals surface area contributed by atoms with Gasteiger partial charge in [0.1, 0.15) is 9.81 Å². The number of sulfonamides is 1. The summed E-state index contributed by atoms with van der Waals surface area (Å²) in [5.74, 6) is 0. The van der Waals surface area contributed by atoms with Crippen LogP contribution in [0.15, 0.2) is 20.1 Å². The first-order valence-electron chi connectivity index (χ1n) is 6.31.